The highest BCUT2D eigenvalue weighted by Gasteiger charge is 2.41. The summed E-state index contributed by atoms with van der Waals surface area (Å²) in [5.74, 6) is 0.00933. The zero-order valence-electron chi connectivity index (χ0n) is 24.7. The predicted octanol–water partition coefficient (Wildman–Crippen LogP) is 7.05. The van der Waals surface area contributed by atoms with Crippen molar-refractivity contribution in [2.75, 3.05) is 5.32 Å². The van der Waals surface area contributed by atoms with Crippen molar-refractivity contribution < 1.29 is 4.79 Å². The van der Waals surface area contributed by atoms with Crippen molar-refractivity contribution in [2.24, 2.45) is 0 Å². The quantitative estimate of drug-likeness (QED) is 0.122. The van der Waals surface area contributed by atoms with Gasteiger partial charge in [0.15, 0.2) is 0 Å². The third-order valence-corrected chi connectivity index (χ3v) is 14.2. The van der Waals surface area contributed by atoms with E-state index in [1.165, 1.54) is 5.56 Å². The number of carbonyl (C=O) groups is 1. The first-order chi connectivity index (χ1) is 19.2. The minimum absolute atomic E-state index is 0.00933. The summed E-state index contributed by atoms with van der Waals surface area (Å²) in [5.41, 5.74) is 10.2. The molecule has 1 amide bonds. The summed E-state index contributed by atoms with van der Waals surface area (Å²) in [6.45, 7) is 14.6. The zero-order valence-corrected chi connectivity index (χ0v) is 25.7. The van der Waals surface area contributed by atoms with Crippen LogP contribution in [0.25, 0.3) is 11.0 Å². The van der Waals surface area contributed by atoms with E-state index in [2.05, 4.69) is 85.9 Å². The van der Waals surface area contributed by atoms with Crippen LogP contribution in [0.2, 0.25) is 16.6 Å². The molecule has 0 spiro atoms. The van der Waals surface area contributed by atoms with Crippen LogP contribution in [0.5, 0.6) is 0 Å². The molecule has 8 heteroatoms. The van der Waals surface area contributed by atoms with Gasteiger partial charge in [0.05, 0.1) is 23.3 Å². The summed E-state index contributed by atoms with van der Waals surface area (Å²) in [4.78, 5) is 17.2. The number of hydrogen-bond donors (Lipinski definition) is 1. The van der Waals surface area contributed by atoms with Gasteiger partial charge in [-0.2, -0.15) is 0 Å². The molecule has 0 atom stereocenters. The van der Waals surface area contributed by atoms with Crippen molar-refractivity contribution in [3.63, 3.8) is 0 Å². The number of aryl methyl sites for hydroxylation is 1. The van der Waals surface area contributed by atoms with Crippen LogP contribution in [0.1, 0.15) is 72.1 Å². The summed E-state index contributed by atoms with van der Waals surface area (Å²) in [6.07, 6.45) is 6.71. The van der Waals surface area contributed by atoms with Crippen molar-refractivity contribution in [1.82, 2.24) is 24.5 Å². The third-order valence-electron chi connectivity index (χ3n) is 7.95. The molecule has 4 rings (SSSR count). The number of benzene rings is 2. The van der Waals surface area contributed by atoms with Crippen molar-refractivity contribution in [1.29, 1.82) is 0 Å². The fourth-order valence-electron chi connectivity index (χ4n) is 5.88. The van der Waals surface area contributed by atoms with E-state index in [0.717, 1.165) is 41.7 Å². The molecule has 0 aliphatic rings. The molecule has 0 aliphatic carbocycles. The lowest BCUT2D eigenvalue weighted by molar-refractivity contribution is -0.116. The van der Waals surface area contributed by atoms with Gasteiger partial charge in [-0.1, -0.05) is 77.1 Å². The van der Waals surface area contributed by atoms with Gasteiger partial charge in [-0.3, -0.25) is 9.36 Å². The maximum Gasteiger partial charge on any atom is 0.224 e. The van der Waals surface area contributed by atoms with Crippen molar-refractivity contribution in [3.05, 3.63) is 72.3 Å². The Morgan fingerprint density at radius 2 is 1.70 bits per heavy atom. The Labute approximate surface area is 239 Å². The molecule has 2 aromatic heterocycles. The van der Waals surface area contributed by atoms with Crippen LogP contribution in [-0.4, -0.2) is 38.5 Å². The summed E-state index contributed by atoms with van der Waals surface area (Å²) in [6, 6.07) is 19.5. The minimum atomic E-state index is -1.86. The van der Waals surface area contributed by atoms with E-state index in [0.29, 0.717) is 29.6 Å². The molecule has 0 saturated carbocycles. The van der Waals surface area contributed by atoms with Gasteiger partial charge >= 0.3 is 0 Å². The molecule has 0 bridgehead atoms. The fourth-order valence-corrected chi connectivity index (χ4v) is 11.1. The van der Waals surface area contributed by atoms with Crippen LogP contribution in [0, 0.1) is 11.6 Å². The molecule has 7 nitrogen and oxygen atoms in total. The lowest BCUT2D eigenvalue weighted by Gasteiger charge is -2.37. The van der Waals surface area contributed by atoms with Gasteiger partial charge < -0.3 is 5.32 Å². The average molecular weight is 555 g/mol. The standard InChI is InChI=1S/C32H42N6OSi/c1-24(2)40(25(3)4,26(5)6)19-18-37-23-33-30-17-16-28(20-31(30)37)34-32(39)15-11-10-14-29-22-38(36-35-29)21-27-12-8-7-9-13-27/h7-9,12-13,16-17,20,22-26H,10-11,14-15,21H2,1-6H3,(H,34,39). The van der Waals surface area contributed by atoms with Gasteiger partial charge in [0.2, 0.25) is 5.91 Å². The number of nitrogens with one attached hydrogen (secondary N) is 1. The first kappa shape index (κ1) is 29.3. The van der Waals surface area contributed by atoms with Crippen LogP contribution in [0.15, 0.2) is 61.1 Å². The Hall–Kier alpha value is -3.70. The highest BCUT2D eigenvalue weighted by molar-refractivity contribution is 6.90. The fraction of sp³-hybridized carbons (Fsp3) is 0.438. The summed E-state index contributed by atoms with van der Waals surface area (Å²) in [7, 11) is -1.86. The molecule has 2 aromatic carbocycles. The minimum Gasteiger partial charge on any atom is -0.326 e. The Morgan fingerprint density at radius 3 is 2.40 bits per heavy atom. The molecule has 40 heavy (non-hydrogen) atoms. The maximum atomic E-state index is 12.7. The molecule has 210 valence electrons. The van der Waals surface area contributed by atoms with Gasteiger partial charge in [-0.05, 0) is 59.6 Å². The lowest BCUT2D eigenvalue weighted by Crippen LogP contribution is -2.43. The van der Waals surface area contributed by atoms with Crippen molar-refractivity contribution >= 4 is 30.7 Å². The van der Waals surface area contributed by atoms with Crippen LogP contribution < -0.4 is 5.32 Å². The Kier molecular flexibility index (Phi) is 9.59. The molecular formula is C32H42N6OSi. The molecule has 0 radical (unpaired) electrons. The number of fused-ring (bicyclic) bond motifs is 1. The van der Waals surface area contributed by atoms with Crippen molar-refractivity contribution in [2.45, 2.75) is 90.4 Å². The Balaban J connectivity index is 1.33. The molecule has 1 N–H and O–H groups in total. The van der Waals surface area contributed by atoms with Gasteiger partial charge in [-0.25, -0.2) is 9.67 Å². The predicted molar refractivity (Wildman–Crippen MR) is 166 cm³/mol. The first-order valence-electron chi connectivity index (χ1n) is 14.4. The molecule has 0 fully saturated rings. The molecule has 4 aromatic rings. The van der Waals surface area contributed by atoms with E-state index in [1.807, 2.05) is 51.8 Å². The largest absolute Gasteiger partial charge is 0.326 e. The second kappa shape index (κ2) is 13.1. The number of unbranched alkanes of at least 4 members (excludes halogenated alkanes) is 1. The molecule has 0 aliphatic heterocycles. The summed E-state index contributed by atoms with van der Waals surface area (Å²) < 4.78 is 3.78. The van der Waals surface area contributed by atoms with E-state index >= 15 is 0 Å². The number of aromatic nitrogens is 5. The number of amides is 1. The smallest absolute Gasteiger partial charge is 0.224 e. The number of rotatable bonds is 11. The monoisotopic (exact) mass is 554 g/mol. The maximum absolute atomic E-state index is 12.7. The van der Waals surface area contributed by atoms with Crippen LogP contribution in [0.4, 0.5) is 5.69 Å². The number of anilines is 1. The number of carbonyl (C=O) groups excluding carboxylic acids is 1. The Morgan fingerprint density at radius 1 is 0.975 bits per heavy atom. The number of hydrogen-bond acceptors (Lipinski definition) is 4. The normalized spacial score (nSPS) is 11.8. The first-order valence-corrected chi connectivity index (χ1v) is 16.6. The van der Waals surface area contributed by atoms with Gasteiger partial charge in [0, 0.05) is 24.3 Å². The van der Waals surface area contributed by atoms with Gasteiger partial charge in [0.1, 0.15) is 14.4 Å². The summed E-state index contributed by atoms with van der Waals surface area (Å²) in [5, 5.41) is 11.6. The highest BCUT2D eigenvalue weighted by atomic mass is 28.3. The lowest BCUT2D eigenvalue weighted by atomic mass is 10.1. The molecule has 0 unspecified atom stereocenters. The van der Waals surface area contributed by atoms with Gasteiger partial charge in [0.25, 0.3) is 0 Å². The van der Waals surface area contributed by atoms with Crippen LogP contribution in [-0.2, 0) is 17.8 Å². The molecule has 0 saturated heterocycles. The van der Waals surface area contributed by atoms with Crippen molar-refractivity contribution in [3.8, 4) is 11.6 Å². The second-order valence-electron chi connectivity index (χ2n) is 11.6. The third kappa shape index (κ3) is 6.89. The number of imidazole rings is 1. The highest BCUT2D eigenvalue weighted by Crippen LogP contribution is 2.40. The van der Waals surface area contributed by atoms with E-state index in [-0.39, 0.29) is 5.91 Å². The topological polar surface area (TPSA) is 77.6 Å². The molecule has 2 heterocycles. The summed E-state index contributed by atoms with van der Waals surface area (Å²) >= 11 is 0. The SMILES string of the molecule is CC(C)[Si](C#Cn1cnc2ccc(NC(=O)CCCCc3cn(Cc4ccccc4)nn3)cc21)(C(C)C)C(C)C. The second-order valence-corrected chi connectivity index (χ2v) is 17.2. The van der Waals surface area contributed by atoms with Crippen LogP contribution in [0.3, 0.4) is 0 Å². The van der Waals surface area contributed by atoms with E-state index in [4.69, 9.17) is 0 Å². The van der Waals surface area contributed by atoms with E-state index in [1.54, 1.807) is 6.33 Å². The Bertz CT molecular complexity index is 1450. The zero-order chi connectivity index (χ0) is 28.7. The van der Waals surface area contributed by atoms with Gasteiger partial charge in [-0.15, -0.1) is 10.6 Å². The average Bonchev–Trinajstić information content (AvgIpc) is 3.53. The molecular weight excluding hydrogens is 512 g/mol. The van der Waals surface area contributed by atoms with Crippen LogP contribution >= 0.6 is 0 Å². The van der Waals surface area contributed by atoms with E-state index in [9.17, 15) is 4.79 Å². The number of nitrogens with zero attached hydrogens (tertiary/aromatic N) is 5. The van der Waals surface area contributed by atoms with E-state index < -0.39 is 8.07 Å².